The molecule has 1 saturated heterocycles. The van der Waals surface area contributed by atoms with Crippen LogP contribution in [-0.2, 0) is 6.54 Å². The lowest BCUT2D eigenvalue weighted by Gasteiger charge is -2.36. The number of imidazole rings is 1. The van der Waals surface area contributed by atoms with Gasteiger partial charge in [0.25, 0.3) is 0 Å². The van der Waals surface area contributed by atoms with Gasteiger partial charge in [-0.1, -0.05) is 36.4 Å². The van der Waals surface area contributed by atoms with E-state index in [2.05, 4.69) is 34.5 Å². The number of nitrogens with one attached hydrogen (secondary N) is 1. The SMILES string of the molecule is COc1ccc(C(NC(=S)N2CCC(n3c(=O)n(CCCN)c4ccccc43)CC2)c2ccc(OC)cc2)cc1. The number of thiocarbonyl (C=S) groups is 1. The van der Waals surface area contributed by atoms with Crippen molar-refractivity contribution in [1.82, 2.24) is 19.4 Å². The third-order valence-electron chi connectivity index (χ3n) is 7.74. The maximum atomic E-state index is 13.5. The van der Waals surface area contributed by atoms with Gasteiger partial charge in [0, 0.05) is 25.7 Å². The zero-order valence-corrected chi connectivity index (χ0v) is 23.9. The first-order chi connectivity index (χ1) is 19.5. The molecule has 40 heavy (non-hydrogen) atoms. The van der Waals surface area contributed by atoms with Crippen LogP contribution in [-0.4, -0.2) is 53.0 Å². The van der Waals surface area contributed by atoms with Crippen molar-refractivity contribution in [2.75, 3.05) is 33.9 Å². The van der Waals surface area contributed by atoms with Gasteiger partial charge in [0.1, 0.15) is 11.5 Å². The normalized spacial score (nSPS) is 14.1. The second-order valence-corrected chi connectivity index (χ2v) is 10.5. The predicted octanol–water partition coefficient (Wildman–Crippen LogP) is 4.47. The maximum Gasteiger partial charge on any atom is 0.329 e. The van der Waals surface area contributed by atoms with Gasteiger partial charge in [0.05, 0.1) is 31.3 Å². The molecule has 1 fully saturated rings. The second kappa shape index (κ2) is 12.6. The monoisotopic (exact) mass is 559 g/mol. The minimum atomic E-state index is -0.134. The summed E-state index contributed by atoms with van der Waals surface area (Å²) in [6, 6.07) is 24.1. The zero-order chi connectivity index (χ0) is 28.1. The minimum absolute atomic E-state index is 0.0490. The lowest BCUT2D eigenvalue weighted by Crippen LogP contribution is -2.46. The van der Waals surface area contributed by atoms with Gasteiger partial charge in [-0.25, -0.2) is 4.79 Å². The Morgan fingerprint density at radius 2 is 1.48 bits per heavy atom. The number of likely N-dealkylation sites (tertiary alicyclic amines) is 1. The fourth-order valence-corrected chi connectivity index (χ4v) is 5.84. The molecule has 3 aromatic carbocycles. The van der Waals surface area contributed by atoms with Gasteiger partial charge in [-0.05, 0) is 85.6 Å². The van der Waals surface area contributed by atoms with Crippen molar-refractivity contribution in [2.24, 2.45) is 5.73 Å². The Morgan fingerprint density at radius 3 is 2.00 bits per heavy atom. The van der Waals surface area contributed by atoms with E-state index in [1.54, 1.807) is 14.2 Å². The molecule has 2 heterocycles. The fraction of sp³-hybridized carbons (Fsp3) is 0.355. The number of piperidine rings is 1. The molecule has 1 aliphatic rings. The summed E-state index contributed by atoms with van der Waals surface area (Å²) in [5.41, 5.74) is 9.92. The van der Waals surface area contributed by atoms with Gasteiger partial charge in [-0.2, -0.15) is 0 Å². The van der Waals surface area contributed by atoms with E-state index in [0.29, 0.717) is 18.2 Å². The lowest BCUT2D eigenvalue weighted by molar-refractivity contribution is 0.262. The number of nitrogens with zero attached hydrogens (tertiary/aromatic N) is 3. The highest BCUT2D eigenvalue weighted by Gasteiger charge is 2.27. The summed E-state index contributed by atoms with van der Waals surface area (Å²) in [5.74, 6) is 1.61. The van der Waals surface area contributed by atoms with Crippen molar-refractivity contribution in [3.05, 3.63) is 94.4 Å². The Bertz CT molecular complexity index is 1440. The number of ether oxygens (including phenoxy) is 2. The van der Waals surface area contributed by atoms with Gasteiger partial charge in [-0.3, -0.25) is 9.13 Å². The van der Waals surface area contributed by atoms with Crippen LogP contribution in [0.15, 0.2) is 77.6 Å². The summed E-state index contributed by atoms with van der Waals surface area (Å²) in [4.78, 5) is 15.7. The summed E-state index contributed by atoms with van der Waals surface area (Å²) in [6.07, 6.45) is 2.45. The third kappa shape index (κ3) is 5.71. The number of rotatable bonds is 9. The molecular formula is C31H37N5O3S. The van der Waals surface area contributed by atoms with Gasteiger partial charge in [-0.15, -0.1) is 0 Å². The molecule has 0 amide bonds. The first-order valence-corrected chi connectivity index (χ1v) is 14.2. The predicted molar refractivity (Wildman–Crippen MR) is 163 cm³/mol. The number of hydrogen-bond acceptors (Lipinski definition) is 5. The smallest absolute Gasteiger partial charge is 0.329 e. The molecule has 0 radical (unpaired) electrons. The van der Waals surface area contributed by atoms with E-state index in [9.17, 15) is 4.79 Å². The highest BCUT2D eigenvalue weighted by Crippen LogP contribution is 2.29. The van der Waals surface area contributed by atoms with Crippen molar-refractivity contribution in [3.8, 4) is 11.5 Å². The molecule has 1 aromatic heterocycles. The van der Waals surface area contributed by atoms with Crippen molar-refractivity contribution < 1.29 is 9.47 Å². The van der Waals surface area contributed by atoms with E-state index in [0.717, 1.165) is 66.0 Å². The fourth-order valence-electron chi connectivity index (χ4n) is 5.54. The molecule has 9 heteroatoms. The second-order valence-electron chi connectivity index (χ2n) is 10.1. The van der Waals surface area contributed by atoms with Crippen LogP contribution in [0.4, 0.5) is 0 Å². The van der Waals surface area contributed by atoms with E-state index in [4.69, 9.17) is 27.4 Å². The molecule has 210 valence electrons. The molecule has 0 spiro atoms. The van der Waals surface area contributed by atoms with Gasteiger partial charge >= 0.3 is 5.69 Å². The lowest BCUT2D eigenvalue weighted by atomic mass is 9.98. The number of aromatic nitrogens is 2. The number of fused-ring (bicyclic) bond motifs is 1. The first-order valence-electron chi connectivity index (χ1n) is 13.8. The maximum absolute atomic E-state index is 13.5. The average Bonchev–Trinajstić information content (AvgIpc) is 3.29. The largest absolute Gasteiger partial charge is 0.497 e. The summed E-state index contributed by atoms with van der Waals surface area (Å²) < 4.78 is 14.6. The highest BCUT2D eigenvalue weighted by atomic mass is 32.1. The number of hydrogen-bond donors (Lipinski definition) is 2. The van der Waals surface area contributed by atoms with Crippen LogP contribution < -0.4 is 26.2 Å². The van der Waals surface area contributed by atoms with Gasteiger partial charge < -0.3 is 25.4 Å². The van der Waals surface area contributed by atoms with Crippen LogP contribution in [0.25, 0.3) is 11.0 Å². The van der Waals surface area contributed by atoms with Crippen molar-refractivity contribution in [1.29, 1.82) is 0 Å². The van der Waals surface area contributed by atoms with E-state index in [1.165, 1.54) is 0 Å². The Balaban J connectivity index is 1.33. The number of benzene rings is 3. The first kappa shape index (κ1) is 27.7. The molecule has 8 nitrogen and oxygen atoms in total. The van der Waals surface area contributed by atoms with Gasteiger partial charge in [0.15, 0.2) is 5.11 Å². The van der Waals surface area contributed by atoms with Crippen LogP contribution in [0.2, 0.25) is 0 Å². The quantitative estimate of drug-likeness (QED) is 0.293. The minimum Gasteiger partial charge on any atom is -0.497 e. The number of methoxy groups -OCH3 is 2. The molecule has 4 aromatic rings. The van der Waals surface area contributed by atoms with Crippen LogP contribution in [0, 0.1) is 0 Å². The van der Waals surface area contributed by atoms with Crippen molar-refractivity contribution in [3.63, 3.8) is 0 Å². The van der Waals surface area contributed by atoms with Crippen LogP contribution in [0.3, 0.4) is 0 Å². The molecular weight excluding hydrogens is 522 g/mol. The summed E-state index contributed by atoms with van der Waals surface area (Å²) in [7, 11) is 3.33. The Morgan fingerprint density at radius 1 is 0.925 bits per heavy atom. The summed E-state index contributed by atoms with van der Waals surface area (Å²) in [5, 5.41) is 4.31. The average molecular weight is 560 g/mol. The van der Waals surface area contributed by atoms with Crippen molar-refractivity contribution >= 4 is 28.4 Å². The molecule has 0 unspecified atom stereocenters. The Kier molecular flexibility index (Phi) is 8.72. The number of aryl methyl sites for hydroxylation is 1. The third-order valence-corrected chi connectivity index (χ3v) is 8.11. The Labute approximate surface area is 240 Å². The number of nitrogens with two attached hydrogens (primary N) is 1. The number of para-hydroxylation sites is 2. The van der Waals surface area contributed by atoms with Gasteiger partial charge in [0.2, 0.25) is 0 Å². The van der Waals surface area contributed by atoms with Crippen LogP contribution in [0.1, 0.15) is 42.5 Å². The van der Waals surface area contributed by atoms with E-state index >= 15 is 0 Å². The topological polar surface area (TPSA) is 86.7 Å². The summed E-state index contributed by atoms with van der Waals surface area (Å²) in [6.45, 7) is 2.73. The standard InChI is InChI=1S/C31H37N5O3S/c1-38-25-12-8-22(9-13-25)29(23-10-14-26(39-2)15-11-23)33-30(40)34-20-16-24(17-21-34)36-28-7-4-3-6-27(28)35(31(36)37)19-5-18-32/h3-4,6-15,24,29H,5,16-21,32H2,1-2H3,(H,33,40). The molecule has 1 aliphatic heterocycles. The molecule has 0 saturated carbocycles. The van der Waals surface area contributed by atoms with Crippen LogP contribution in [0.5, 0.6) is 11.5 Å². The molecule has 0 bridgehead atoms. The highest BCUT2D eigenvalue weighted by molar-refractivity contribution is 7.80. The zero-order valence-electron chi connectivity index (χ0n) is 23.1. The van der Waals surface area contributed by atoms with E-state index in [-0.39, 0.29) is 17.8 Å². The van der Waals surface area contributed by atoms with Crippen LogP contribution >= 0.6 is 12.2 Å². The van der Waals surface area contributed by atoms with E-state index in [1.807, 2.05) is 57.7 Å². The Hall–Kier alpha value is -3.82. The van der Waals surface area contributed by atoms with E-state index < -0.39 is 0 Å². The molecule has 3 N–H and O–H groups in total. The molecule has 0 aliphatic carbocycles. The van der Waals surface area contributed by atoms with Crippen molar-refractivity contribution in [2.45, 2.75) is 37.9 Å². The summed E-state index contributed by atoms with van der Waals surface area (Å²) >= 11 is 5.94. The molecule has 0 atom stereocenters. The molecule has 5 rings (SSSR count).